The van der Waals surface area contributed by atoms with E-state index in [4.69, 9.17) is 5.73 Å². The summed E-state index contributed by atoms with van der Waals surface area (Å²) in [5.41, 5.74) is 5.38. The lowest BCUT2D eigenvalue weighted by Gasteiger charge is -2.20. The second-order valence-electron chi connectivity index (χ2n) is 7.13. The molecule has 0 aliphatic heterocycles. The molecule has 140 valence electrons. The summed E-state index contributed by atoms with van der Waals surface area (Å²) in [4.78, 5) is 16.0. The molecule has 6 nitrogen and oxygen atoms in total. The summed E-state index contributed by atoms with van der Waals surface area (Å²) in [6.07, 6.45) is 6.62. The van der Waals surface area contributed by atoms with Crippen LogP contribution in [0, 0.1) is 0 Å². The molecule has 9 heteroatoms. The molecule has 0 aliphatic carbocycles. The van der Waals surface area contributed by atoms with Gasteiger partial charge in [-0.1, -0.05) is 0 Å². The molecule has 0 saturated carbocycles. The molecule has 0 atom stereocenters. The fourth-order valence-electron chi connectivity index (χ4n) is 1.11. The van der Waals surface area contributed by atoms with Gasteiger partial charge < -0.3 is 11.1 Å². The number of hydrogen-bond acceptors (Lipinski definition) is 6. The van der Waals surface area contributed by atoms with Gasteiger partial charge >= 0.3 is 0 Å². The Morgan fingerprint density at radius 1 is 0.760 bits per heavy atom. The summed E-state index contributed by atoms with van der Waals surface area (Å²) < 4.78 is 2.23. The third-order valence-electron chi connectivity index (χ3n) is 1.68. The second-order valence-corrected chi connectivity index (χ2v) is 9.57. The summed E-state index contributed by atoms with van der Waals surface area (Å²) >= 11 is 9.57. The predicted molar refractivity (Wildman–Crippen MR) is 114 cm³/mol. The van der Waals surface area contributed by atoms with Crippen LogP contribution in [0.3, 0.4) is 0 Å². The monoisotopic (exact) mass is 538 g/mol. The van der Waals surface area contributed by atoms with E-state index in [9.17, 15) is 0 Å². The fraction of sp³-hybridized carbons (Fsp3) is 0.500. The van der Waals surface area contributed by atoms with Gasteiger partial charge in [-0.3, -0.25) is 9.97 Å². The van der Waals surface area contributed by atoms with Gasteiger partial charge in [0.25, 0.3) is 0 Å². The third-order valence-corrected chi connectivity index (χ3v) is 2.83. The van der Waals surface area contributed by atoms with Gasteiger partial charge in [0.15, 0.2) is 0 Å². The van der Waals surface area contributed by atoms with E-state index >= 15 is 0 Å². The summed E-state index contributed by atoms with van der Waals surface area (Å²) in [6, 6.07) is 0. The first-order chi connectivity index (χ1) is 11.3. The van der Waals surface area contributed by atoms with Crippen molar-refractivity contribution in [2.24, 2.45) is 5.73 Å². The highest BCUT2D eigenvalue weighted by Crippen LogP contribution is 2.13. The molecule has 2 aromatic rings. The highest BCUT2D eigenvalue weighted by atomic mass is 79.9. The van der Waals surface area contributed by atoms with E-state index in [1.807, 2.05) is 20.8 Å². The number of halogens is 3. The van der Waals surface area contributed by atoms with Crippen molar-refractivity contribution in [3.63, 3.8) is 0 Å². The van der Waals surface area contributed by atoms with Crippen LogP contribution >= 0.6 is 47.8 Å². The van der Waals surface area contributed by atoms with Gasteiger partial charge in [-0.2, -0.15) is 0 Å². The Bertz CT molecular complexity index is 615. The normalized spacial score (nSPS) is 10.8. The molecule has 25 heavy (non-hydrogen) atoms. The van der Waals surface area contributed by atoms with Gasteiger partial charge in [0.05, 0.1) is 24.8 Å². The molecule has 0 saturated heterocycles. The van der Waals surface area contributed by atoms with Crippen LogP contribution in [0.4, 0.5) is 5.82 Å². The fourth-order valence-corrected chi connectivity index (χ4v) is 2.27. The zero-order valence-electron chi connectivity index (χ0n) is 15.3. The molecule has 0 unspecified atom stereocenters. The lowest BCUT2D eigenvalue weighted by atomic mass is 10.1. The Kier molecular flexibility index (Phi) is 10.9. The predicted octanol–water partition coefficient (Wildman–Crippen LogP) is 5.19. The van der Waals surface area contributed by atoms with E-state index in [0.717, 1.165) is 19.6 Å². The van der Waals surface area contributed by atoms with E-state index < -0.39 is 0 Å². The van der Waals surface area contributed by atoms with Gasteiger partial charge in [-0.25, -0.2) is 9.97 Å². The average molecular weight is 541 g/mol. The molecule has 0 radical (unpaired) electrons. The van der Waals surface area contributed by atoms with E-state index in [0.29, 0.717) is 0 Å². The lowest BCUT2D eigenvalue weighted by Crippen LogP contribution is -2.26. The van der Waals surface area contributed by atoms with Crippen LogP contribution in [0.15, 0.2) is 38.6 Å². The summed E-state index contributed by atoms with van der Waals surface area (Å²) in [6.45, 7) is 12.1. The summed E-state index contributed by atoms with van der Waals surface area (Å²) in [5, 5.41) is 3.22. The Morgan fingerprint density at radius 3 is 1.40 bits per heavy atom. The van der Waals surface area contributed by atoms with Crippen molar-refractivity contribution in [1.82, 2.24) is 19.9 Å². The Balaban J connectivity index is 0.000000382. The minimum atomic E-state index is 0. The maximum atomic E-state index is 5.35. The first kappa shape index (κ1) is 24.4. The van der Waals surface area contributed by atoms with Crippen LogP contribution in [0.2, 0.25) is 0 Å². The van der Waals surface area contributed by atoms with E-state index in [1.165, 1.54) is 0 Å². The number of anilines is 1. The van der Waals surface area contributed by atoms with Crippen molar-refractivity contribution in [3.8, 4) is 0 Å². The highest BCUT2D eigenvalue weighted by molar-refractivity contribution is 9.11. The molecule has 2 aromatic heterocycles. The lowest BCUT2D eigenvalue weighted by molar-refractivity contribution is 0.580. The molecule has 2 heterocycles. The summed E-state index contributed by atoms with van der Waals surface area (Å²) in [5.74, 6) is 0.789. The molecule has 3 N–H and O–H groups in total. The molecule has 0 aromatic carbocycles. The van der Waals surface area contributed by atoms with Crippen molar-refractivity contribution in [2.45, 2.75) is 52.6 Å². The minimum Gasteiger partial charge on any atom is -0.364 e. The molecule has 0 bridgehead atoms. The van der Waals surface area contributed by atoms with Gasteiger partial charge in [-0.05, 0) is 89.3 Å². The molecular formula is C16H25Br3N6. The van der Waals surface area contributed by atoms with Crippen LogP contribution in [0.25, 0.3) is 0 Å². The summed E-state index contributed by atoms with van der Waals surface area (Å²) in [7, 11) is 0. The van der Waals surface area contributed by atoms with Crippen molar-refractivity contribution in [3.05, 3.63) is 38.6 Å². The molecule has 0 amide bonds. The Hall–Kier alpha value is -0.640. The van der Waals surface area contributed by atoms with E-state index in [-0.39, 0.29) is 11.1 Å². The van der Waals surface area contributed by atoms with Crippen molar-refractivity contribution >= 4 is 53.6 Å². The SMILES string of the molecule is Brc1cncc(Br)n1.CC(C)(C)N.CC(C)(C)Nc1cncc(Br)n1. The largest absolute Gasteiger partial charge is 0.364 e. The number of nitrogens with one attached hydrogen (secondary N) is 1. The quantitative estimate of drug-likeness (QED) is 0.517. The molecule has 2 rings (SSSR count). The van der Waals surface area contributed by atoms with Gasteiger partial charge in [0.2, 0.25) is 0 Å². The third kappa shape index (κ3) is 18.0. The highest BCUT2D eigenvalue weighted by Gasteiger charge is 2.09. The molecule has 0 fully saturated rings. The smallest absolute Gasteiger partial charge is 0.146 e. The first-order valence-electron chi connectivity index (χ1n) is 7.44. The Morgan fingerprint density at radius 2 is 1.12 bits per heavy atom. The van der Waals surface area contributed by atoms with Crippen LogP contribution in [-0.4, -0.2) is 31.0 Å². The number of rotatable bonds is 1. The zero-order chi connectivity index (χ0) is 19.7. The average Bonchev–Trinajstić information content (AvgIpc) is 2.34. The van der Waals surface area contributed by atoms with E-state index in [2.05, 4.69) is 93.8 Å². The van der Waals surface area contributed by atoms with Crippen LogP contribution in [-0.2, 0) is 0 Å². The molecule has 0 aliphatic rings. The zero-order valence-corrected chi connectivity index (χ0v) is 20.1. The number of nitrogens with two attached hydrogens (primary N) is 1. The second kappa shape index (κ2) is 11.2. The topological polar surface area (TPSA) is 89.6 Å². The van der Waals surface area contributed by atoms with E-state index in [1.54, 1.807) is 24.8 Å². The molecular weight excluding hydrogens is 516 g/mol. The van der Waals surface area contributed by atoms with Crippen molar-refractivity contribution in [2.75, 3.05) is 5.32 Å². The first-order valence-corrected chi connectivity index (χ1v) is 9.82. The molecule has 0 spiro atoms. The maximum Gasteiger partial charge on any atom is 0.146 e. The van der Waals surface area contributed by atoms with Crippen molar-refractivity contribution in [1.29, 1.82) is 0 Å². The van der Waals surface area contributed by atoms with Gasteiger partial charge in [0, 0.05) is 11.1 Å². The van der Waals surface area contributed by atoms with Gasteiger partial charge in [0.1, 0.15) is 19.6 Å². The van der Waals surface area contributed by atoms with Crippen LogP contribution in [0.5, 0.6) is 0 Å². The van der Waals surface area contributed by atoms with Crippen LogP contribution < -0.4 is 11.1 Å². The maximum absolute atomic E-state index is 5.35. The minimum absolute atomic E-state index is 0. The van der Waals surface area contributed by atoms with Crippen LogP contribution in [0.1, 0.15) is 41.5 Å². The van der Waals surface area contributed by atoms with Gasteiger partial charge in [-0.15, -0.1) is 0 Å². The number of aromatic nitrogens is 4. The number of nitrogens with zero attached hydrogens (tertiary/aromatic N) is 4. The van der Waals surface area contributed by atoms with Crippen molar-refractivity contribution < 1.29 is 0 Å². The number of hydrogen-bond donors (Lipinski definition) is 2. The Labute approximate surface area is 175 Å². The standard InChI is InChI=1S/C8H12BrN3.C4H2Br2N2.C4H11N/c1-8(2,3)12-7-5-10-4-6(9)11-7;5-3-1-7-2-4(6)8-3;1-4(2,3)5/h4-5H,1-3H3,(H,11,12);1-2H;5H2,1-3H3.